The first-order chi connectivity index (χ1) is 6.54. The zero-order chi connectivity index (χ0) is 10.6. The Labute approximate surface area is 84.9 Å². The van der Waals surface area contributed by atoms with Gasteiger partial charge in [-0.2, -0.15) is 13.2 Å². The van der Waals surface area contributed by atoms with E-state index in [1.54, 1.807) is 0 Å². The molecule has 0 aliphatic heterocycles. The highest BCUT2D eigenvalue weighted by atomic mass is 32.1. The molecule has 0 aliphatic carbocycles. The normalized spacial score (nSPS) is 12.0. The Morgan fingerprint density at radius 1 is 1.43 bits per heavy atom. The third-order valence-corrected chi connectivity index (χ3v) is 2.64. The van der Waals surface area contributed by atoms with Gasteiger partial charge in [-0.25, -0.2) is 0 Å². The molecule has 0 aromatic carbocycles. The van der Waals surface area contributed by atoms with Crippen LogP contribution in [0.5, 0.6) is 0 Å². The molecule has 14 heavy (non-hydrogen) atoms. The first kappa shape index (κ1) is 11.5. The van der Waals surface area contributed by atoms with Crippen molar-refractivity contribution in [3.63, 3.8) is 0 Å². The molecule has 80 valence electrons. The number of alkyl halides is 3. The van der Waals surface area contributed by atoms with Gasteiger partial charge in [0.1, 0.15) is 0 Å². The molecule has 1 aromatic heterocycles. The van der Waals surface area contributed by atoms with Crippen LogP contribution in [-0.2, 0) is 12.7 Å². The first-order valence-corrected chi connectivity index (χ1v) is 5.27. The molecule has 0 radical (unpaired) electrons. The minimum absolute atomic E-state index is 0.522. The van der Waals surface area contributed by atoms with Gasteiger partial charge in [0.15, 0.2) is 0 Å². The summed E-state index contributed by atoms with van der Waals surface area (Å²) in [7, 11) is 0. The number of rotatable bonds is 4. The number of nitrogens with one attached hydrogen (secondary N) is 1. The van der Waals surface area contributed by atoms with Crippen molar-refractivity contribution in [2.75, 3.05) is 6.54 Å². The molecule has 0 unspecified atom stereocenters. The summed E-state index contributed by atoms with van der Waals surface area (Å²) < 4.78 is 36.5. The molecule has 0 aliphatic rings. The molecule has 0 spiro atoms. The van der Waals surface area contributed by atoms with Gasteiger partial charge in [-0.05, 0) is 19.0 Å². The van der Waals surface area contributed by atoms with Crippen LogP contribution in [0.1, 0.15) is 23.8 Å². The van der Waals surface area contributed by atoms with Crippen molar-refractivity contribution < 1.29 is 13.2 Å². The van der Waals surface area contributed by atoms with Crippen LogP contribution in [-0.4, -0.2) is 6.54 Å². The summed E-state index contributed by atoms with van der Waals surface area (Å²) in [5.74, 6) is 0. The van der Waals surface area contributed by atoms with Crippen LogP contribution in [0.25, 0.3) is 0 Å². The Morgan fingerprint density at radius 2 is 2.14 bits per heavy atom. The van der Waals surface area contributed by atoms with Crippen LogP contribution in [0.3, 0.4) is 0 Å². The van der Waals surface area contributed by atoms with Crippen LogP contribution < -0.4 is 5.32 Å². The minimum Gasteiger partial charge on any atom is -0.312 e. The highest BCUT2D eigenvalue weighted by molar-refractivity contribution is 7.10. The van der Waals surface area contributed by atoms with Gasteiger partial charge >= 0.3 is 6.18 Å². The van der Waals surface area contributed by atoms with E-state index >= 15 is 0 Å². The monoisotopic (exact) mass is 223 g/mol. The van der Waals surface area contributed by atoms with Crippen molar-refractivity contribution >= 4 is 11.3 Å². The largest absolute Gasteiger partial charge is 0.417 e. The Hall–Kier alpha value is -0.550. The molecular weight excluding hydrogens is 211 g/mol. The number of halogens is 3. The summed E-state index contributed by atoms with van der Waals surface area (Å²) in [6, 6.07) is 1.20. The lowest BCUT2D eigenvalue weighted by Crippen LogP contribution is -2.12. The average molecular weight is 223 g/mol. The molecule has 1 rings (SSSR count). The summed E-state index contributed by atoms with van der Waals surface area (Å²) in [5.41, 5.74) is -0.546. The van der Waals surface area contributed by atoms with Gasteiger partial charge in [-0.1, -0.05) is 6.92 Å². The van der Waals surface area contributed by atoms with Crippen molar-refractivity contribution in [3.8, 4) is 0 Å². The van der Waals surface area contributed by atoms with Crippen LogP contribution in [0.2, 0.25) is 0 Å². The lowest BCUT2D eigenvalue weighted by Gasteiger charge is -2.01. The fourth-order valence-corrected chi connectivity index (χ4v) is 1.87. The van der Waals surface area contributed by atoms with Gasteiger partial charge in [-0.15, -0.1) is 11.3 Å². The number of thiophene rings is 1. The third-order valence-electron chi connectivity index (χ3n) is 1.71. The van der Waals surface area contributed by atoms with E-state index in [1.807, 2.05) is 6.92 Å². The second-order valence-electron chi connectivity index (χ2n) is 2.98. The highest BCUT2D eigenvalue weighted by Crippen LogP contribution is 2.32. The van der Waals surface area contributed by atoms with Crippen molar-refractivity contribution in [2.45, 2.75) is 26.1 Å². The van der Waals surface area contributed by atoms with Crippen molar-refractivity contribution in [1.82, 2.24) is 5.32 Å². The number of hydrogen-bond donors (Lipinski definition) is 1. The smallest absolute Gasteiger partial charge is 0.312 e. The zero-order valence-electron chi connectivity index (χ0n) is 7.82. The summed E-state index contributed by atoms with van der Waals surface area (Å²) in [5, 5.41) is 4.21. The molecule has 5 heteroatoms. The van der Waals surface area contributed by atoms with Gasteiger partial charge in [-0.3, -0.25) is 0 Å². The predicted molar refractivity (Wildman–Crippen MR) is 51.3 cm³/mol. The van der Waals surface area contributed by atoms with Gasteiger partial charge < -0.3 is 5.32 Å². The standard InChI is InChI=1S/C9H12F3NS/c1-2-3-13-5-8-4-7(6-14-8)9(10,11)12/h4,6,13H,2-3,5H2,1H3. The molecular formula is C9H12F3NS. The van der Waals surface area contributed by atoms with Crippen molar-refractivity contribution in [3.05, 3.63) is 21.9 Å². The summed E-state index contributed by atoms with van der Waals surface area (Å²) in [4.78, 5) is 0.728. The average Bonchev–Trinajstić information content (AvgIpc) is 2.52. The topological polar surface area (TPSA) is 12.0 Å². The molecule has 0 atom stereocenters. The second-order valence-corrected chi connectivity index (χ2v) is 3.97. The maximum atomic E-state index is 12.2. The van der Waals surface area contributed by atoms with E-state index in [0.717, 1.165) is 34.6 Å². The molecule has 1 heterocycles. The van der Waals surface area contributed by atoms with Gasteiger partial charge in [0.05, 0.1) is 5.56 Å². The molecule has 1 nitrogen and oxygen atoms in total. The Kier molecular flexibility index (Phi) is 3.95. The molecule has 1 aromatic rings. The maximum Gasteiger partial charge on any atom is 0.417 e. The van der Waals surface area contributed by atoms with Crippen molar-refractivity contribution in [1.29, 1.82) is 0 Å². The van der Waals surface area contributed by atoms with Crippen molar-refractivity contribution in [2.24, 2.45) is 0 Å². The van der Waals surface area contributed by atoms with E-state index in [4.69, 9.17) is 0 Å². The maximum absolute atomic E-state index is 12.2. The van der Waals surface area contributed by atoms with Gasteiger partial charge in [0, 0.05) is 16.8 Å². The quantitative estimate of drug-likeness (QED) is 0.772. The van der Waals surface area contributed by atoms with E-state index in [9.17, 15) is 13.2 Å². The molecule has 0 amide bonds. The molecule has 0 fully saturated rings. The first-order valence-electron chi connectivity index (χ1n) is 4.39. The van der Waals surface area contributed by atoms with Gasteiger partial charge in [0.2, 0.25) is 0 Å². The SMILES string of the molecule is CCCNCc1cc(C(F)(F)F)cs1. The summed E-state index contributed by atoms with van der Waals surface area (Å²) in [6.07, 6.45) is -3.23. The molecule has 0 saturated carbocycles. The molecule has 0 bridgehead atoms. The van der Waals surface area contributed by atoms with Gasteiger partial charge in [0.25, 0.3) is 0 Å². The fourth-order valence-electron chi connectivity index (χ4n) is 1.01. The van der Waals surface area contributed by atoms with Crippen LogP contribution in [0.15, 0.2) is 11.4 Å². The van der Waals surface area contributed by atoms with Crippen LogP contribution >= 0.6 is 11.3 Å². The van der Waals surface area contributed by atoms with E-state index in [0.29, 0.717) is 6.54 Å². The van der Waals surface area contributed by atoms with Crippen LogP contribution in [0.4, 0.5) is 13.2 Å². The minimum atomic E-state index is -4.21. The van der Waals surface area contributed by atoms with E-state index in [-0.39, 0.29) is 0 Å². The highest BCUT2D eigenvalue weighted by Gasteiger charge is 2.31. The summed E-state index contributed by atoms with van der Waals surface area (Å²) in [6.45, 7) is 3.37. The molecule has 1 N–H and O–H groups in total. The third kappa shape index (κ3) is 3.31. The Balaban J connectivity index is 2.51. The molecule has 0 saturated heterocycles. The lowest BCUT2D eigenvalue weighted by atomic mass is 10.3. The fraction of sp³-hybridized carbons (Fsp3) is 0.556. The van der Waals surface area contributed by atoms with E-state index in [2.05, 4.69) is 5.32 Å². The Bertz CT molecular complexity index is 280. The predicted octanol–water partition coefficient (Wildman–Crippen LogP) is 3.27. The van der Waals surface area contributed by atoms with E-state index in [1.165, 1.54) is 6.07 Å². The number of hydrogen-bond acceptors (Lipinski definition) is 2. The van der Waals surface area contributed by atoms with E-state index < -0.39 is 11.7 Å². The van der Waals surface area contributed by atoms with Crippen LogP contribution in [0, 0.1) is 0 Å². The summed E-state index contributed by atoms with van der Waals surface area (Å²) >= 11 is 1.14. The second kappa shape index (κ2) is 4.79. The lowest BCUT2D eigenvalue weighted by molar-refractivity contribution is -0.137. The zero-order valence-corrected chi connectivity index (χ0v) is 8.63. The Morgan fingerprint density at radius 3 is 2.64 bits per heavy atom.